The highest BCUT2D eigenvalue weighted by atomic mass is 35.5. The van der Waals surface area contributed by atoms with Crippen LogP contribution in [-0.2, 0) is 10.0 Å². The van der Waals surface area contributed by atoms with E-state index in [1.54, 1.807) is 6.07 Å². The summed E-state index contributed by atoms with van der Waals surface area (Å²) in [5.41, 5.74) is 0. The zero-order valence-corrected chi connectivity index (χ0v) is 13.1. The lowest BCUT2D eigenvalue weighted by atomic mass is 10.0. The Bertz CT molecular complexity index is 503. The van der Waals surface area contributed by atoms with Crippen molar-refractivity contribution in [2.75, 3.05) is 0 Å². The summed E-state index contributed by atoms with van der Waals surface area (Å²) in [6.07, 6.45) is 4.38. The average Bonchev–Trinajstić information content (AvgIpc) is 2.27. The van der Waals surface area contributed by atoms with Crippen molar-refractivity contribution in [3.8, 4) is 0 Å². The number of sulfonamides is 1. The molecular weight excluding hydrogens is 284 g/mol. The van der Waals surface area contributed by atoms with Gasteiger partial charge in [-0.2, -0.15) is 0 Å². The van der Waals surface area contributed by atoms with Crippen LogP contribution in [0, 0.1) is 5.92 Å². The van der Waals surface area contributed by atoms with Gasteiger partial charge in [-0.25, -0.2) is 18.1 Å². The highest BCUT2D eigenvalue weighted by Crippen LogP contribution is 2.18. The second-order valence-electron chi connectivity index (χ2n) is 5.14. The van der Waals surface area contributed by atoms with Crippen LogP contribution < -0.4 is 4.72 Å². The second kappa shape index (κ2) is 7.22. The van der Waals surface area contributed by atoms with E-state index in [4.69, 9.17) is 11.6 Å². The lowest BCUT2D eigenvalue weighted by Gasteiger charge is -2.15. The third-order valence-electron chi connectivity index (χ3n) is 2.79. The smallest absolute Gasteiger partial charge is 0.243 e. The van der Waals surface area contributed by atoms with Crippen molar-refractivity contribution in [3.63, 3.8) is 0 Å². The Hall–Kier alpha value is -0.650. The zero-order chi connectivity index (χ0) is 14.5. The molecular formula is C13H21ClN2O2S. The fourth-order valence-electron chi connectivity index (χ4n) is 1.79. The highest BCUT2D eigenvalue weighted by Gasteiger charge is 2.20. The summed E-state index contributed by atoms with van der Waals surface area (Å²) in [4.78, 5) is 3.82. The van der Waals surface area contributed by atoms with Gasteiger partial charge in [0.2, 0.25) is 10.0 Å². The SMILES string of the molecule is CC(C)CCCC(C)NS(=O)(=O)c1cccnc1Cl. The molecule has 1 aromatic heterocycles. The van der Waals surface area contributed by atoms with E-state index in [-0.39, 0.29) is 16.1 Å². The van der Waals surface area contributed by atoms with Gasteiger partial charge >= 0.3 is 0 Å². The topological polar surface area (TPSA) is 59.1 Å². The molecule has 0 aliphatic heterocycles. The van der Waals surface area contributed by atoms with Crippen molar-refractivity contribution in [2.24, 2.45) is 5.92 Å². The Morgan fingerprint density at radius 3 is 2.58 bits per heavy atom. The van der Waals surface area contributed by atoms with Crippen LogP contribution in [0.1, 0.15) is 40.0 Å². The number of hydrogen-bond acceptors (Lipinski definition) is 3. The molecule has 0 radical (unpaired) electrons. The van der Waals surface area contributed by atoms with Crippen LogP contribution in [0.2, 0.25) is 5.15 Å². The Kier molecular flexibility index (Phi) is 6.23. The van der Waals surface area contributed by atoms with Gasteiger partial charge in [0, 0.05) is 12.2 Å². The quantitative estimate of drug-likeness (QED) is 0.787. The van der Waals surface area contributed by atoms with Gasteiger partial charge in [0.1, 0.15) is 10.0 Å². The third kappa shape index (κ3) is 5.47. The van der Waals surface area contributed by atoms with Crippen LogP contribution in [-0.4, -0.2) is 19.4 Å². The minimum absolute atomic E-state index is 0.00406. The third-order valence-corrected chi connectivity index (χ3v) is 4.82. The number of hydrogen-bond donors (Lipinski definition) is 1. The Labute approximate surface area is 120 Å². The molecule has 0 aromatic carbocycles. The van der Waals surface area contributed by atoms with Gasteiger partial charge in [-0.1, -0.05) is 38.3 Å². The van der Waals surface area contributed by atoms with E-state index in [9.17, 15) is 8.42 Å². The summed E-state index contributed by atoms with van der Waals surface area (Å²) >= 11 is 5.81. The van der Waals surface area contributed by atoms with Crippen LogP contribution in [0.15, 0.2) is 23.2 Å². The normalized spacial score (nSPS) is 13.7. The standard InChI is InChI=1S/C13H21ClN2O2S/c1-10(2)6-4-7-11(3)16-19(17,18)12-8-5-9-15-13(12)14/h5,8-11,16H,4,6-7H2,1-3H3. The van der Waals surface area contributed by atoms with Crippen LogP contribution in [0.3, 0.4) is 0 Å². The van der Waals surface area contributed by atoms with Gasteiger partial charge in [0.15, 0.2) is 0 Å². The van der Waals surface area contributed by atoms with Crippen molar-refractivity contribution in [1.29, 1.82) is 0 Å². The first kappa shape index (κ1) is 16.4. The Morgan fingerprint density at radius 2 is 2.00 bits per heavy atom. The minimum Gasteiger partial charge on any atom is -0.243 e. The molecule has 0 spiro atoms. The maximum atomic E-state index is 12.1. The first-order valence-corrected chi connectivity index (χ1v) is 8.32. The fraction of sp³-hybridized carbons (Fsp3) is 0.615. The highest BCUT2D eigenvalue weighted by molar-refractivity contribution is 7.89. The summed E-state index contributed by atoms with van der Waals surface area (Å²) < 4.78 is 26.9. The Morgan fingerprint density at radius 1 is 1.32 bits per heavy atom. The molecule has 19 heavy (non-hydrogen) atoms. The van der Waals surface area contributed by atoms with Crippen LogP contribution in [0.4, 0.5) is 0 Å². The molecule has 6 heteroatoms. The molecule has 0 amide bonds. The predicted octanol–water partition coefficient (Wildman–Crippen LogP) is 3.23. The van der Waals surface area contributed by atoms with E-state index >= 15 is 0 Å². The molecule has 108 valence electrons. The molecule has 1 unspecified atom stereocenters. The summed E-state index contributed by atoms with van der Waals surface area (Å²) in [6.45, 7) is 6.18. The molecule has 1 N–H and O–H groups in total. The largest absolute Gasteiger partial charge is 0.243 e. The first-order chi connectivity index (χ1) is 8.83. The molecule has 0 bridgehead atoms. The van der Waals surface area contributed by atoms with E-state index in [0.717, 1.165) is 19.3 Å². The molecule has 1 rings (SSSR count). The number of nitrogens with one attached hydrogen (secondary N) is 1. The summed E-state index contributed by atoms with van der Waals surface area (Å²) in [5.74, 6) is 0.636. The maximum absolute atomic E-state index is 12.1. The summed E-state index contributed by atoms with van der Waals surface area (Å²) in [7, 11) is -3.59. The molecule has 0 saturated carbocycles. The van der Waals surface area contributed by atoms with Crippen molar-refractivity contribution < 1.29 is 8.42 Å². The van der Waals surface area contributed by atoms with Gasteiger partial charge in [0.25, 0.3) is 0 Å². The van der Waals surface area contributed by atoms with Crippen LogP contribution in [0.5, 0.6) is 0 Å². The first-order valence-electron chi connectivity index (χ1n) is 6.45. The van der Waals surface area contributed by atoms with Gasteiger partial charge in [-0.15, -0.1) is 0 Å². The maximum Gasteiger partial charge on any atom is 0.243 e. The lowest BCUT2D eigenvalue weighted by Crippen LogP contribution is -2.32. The van der Waals surface area contributed by atoms with E-state index in [0.29, 0.717) is 5.92 Å². The van der Waals surface area contributed by atoms with E-state index < -0.39 is 10.0 Å². The second-order valence-corrected chi connectivity index (χ2v) is 7.18. The molecule has 0 aliphatic carbocycles. The van der Waals surface area contributed by atoms with Gasteiger partial charge in [-0.3, -0.25) is 0 Å². The number of halogens is 1. The summed E-state index contributed by atoms with van der Waals surface area (Å²) in [6, 6.07) is 2.91. The number of rotatable bonds is 7. The van der Waals surface area contributed by atoms with Crippen molar-refractivity contribution in [2.45, 2.75) is 51.0 Å². The number of pyridine rings is 1. The van der Waals surface area contributed by atoms with Crippen LogP contribution in [0.25, 0.3) is 0 Å². The number of aromatic nitrogens is 1. The van der Waals surface area contributed by atoms with Crippen LogP contribution >= 0.6 is 11.6 Å². The average molecular weight is 305 g/mol. The molecule has 1 atom stereocenters. The number of nitrogens with zero attached hydrogens (tertiary/aromatic N) is 1. The Balaban J connectivity index is 2.63. The molecule has 4 nitrogen and oxygen atoms in total. The van der Waals surface area contributed by atoms with Gasteiger partial charge in [0.05, 0.1) is 0 Å². The molecule has 1 heterocycles. The molecule has 0 aliphatic rings. The van der Waals surface area contributed by atoms with Crippen molar-refractivity contribution in [1.82, 2.24) is 9.71 Å². The van der Waals surface area contributed by atoms with E-state index in [1.165, 1.54) is 12.3 Å². The van der Waals surface area contributed by atoms with E-state index in [2.05, 4.69) is 23.6 Å². The van der Waals surface area contributed by atoms with E-state index in [1.807, 2.05) is 6.92 Å². The molecule has 0 fully saturated rings. The fourth-order valence-corrected chi connectivity index (χ4v) is 3.52. The molecule has 1 aromatic rings. The predicted molar refractivity (Wildman–Crippen MR) is 77.7 cm³/mol. The lowest BCUT2D eigenvalue weighted by molar-refractivity contribution is 0.488. The zero-order valence-electron chi connectivity index (χ0n) is 11.6. The minimum atomic E-state index is -3.59. The monoisotopic (exact) mass is 304 g/mol. The van der Waals surface area contributed by atoms with Crippen molar-refractivity contribution in [3.05, 3.63) is 23.5 Å². The molecule has 0 saturated heterocycles. The van der Waals surface area contributed by atoms with Gasteiger partial charge < -0.3 is 0 Å². The van der Waals surface area contributed by atoms with Crippen molar-refractivity contribution >= 4 is 21.6 Å². The van der Waals surface area contributed by atoms with Gasteiger partial charge in [-0.05, 0) is 31.4 Å². The summed E-state index contributed by atoms with van der Waals surface area (Å²) in [5, 5.41) is 0.00406.